The third kappa shape index (κ3) is 4.29. The van der Waals surface area contributed by atoms with E-state index in [0.717, 1.165) is 24.5 Å². The van der Waals surface area contributed by atoms with Crippen LogP contribution < -0.4 is 15.6 Å². The highest BCUT2D eigenvalue weighted by atomic mass is 32.2. The first-order chi connectivity index (χ1) is 15.6. The van der Waals surface area contributed by atoms with E-state index in [4.69, 9.17) is 10.5 Å². The van der Waals surface area contributed by atoms with Crippen molar-refractivity contribution in [1.82, 2.24) is 24.2 Å². The van der Waals surface area contributed by atoms with Gasteiger partial charge in [0.05, 0.1) is 18.5 Å². The summed E-state index contributed by atoms with van der Waals surface area (Å²) in [6.07, 6.45) is -3.33. The molecule has 0 bridgehead atoms. The van der Waals surface area contributed by atoms with Crippen LogP contribution in [0.1, 0.15) is 16.6 Å². The molecule has 1 fully saturated rings. The van der Waals surface area contributed by atoms with Gasteiger partial charge in [-0.2, -0.15) is 8.42 Å². The Labute approximate surface area is 184 Å². The maximum absolute atomic E-state index is 13.7. The minimum absolute atomic E-state index is 0.0737. The van der Waals surface area contributed by atoms with Gasteiger partial charge in [-0.25, -0.2) is 24.1 Å². The van der Waals surface area contributed by atoms with Crippen LogP contribution in [0.5, 0.6) is 5.75 Å². The van der Waals surface area contributed by atoms with Crippen LogP contribution in [0.2, 0.25) is 0 Å². The molecule has 3 heterocycles. The topological polar surface area (TPSA) is 215 Å². The number of nitrogen functional groups attached to an aromatic ring is 1. The van der Waals surface area contributed by atoms with Gasteiger partial charge in [0.2, 0.25) is 0 Å². The first kappa shape index (κ1) is 22.7. The van der Waals surface area contributed by atoms with Crippen LogP contribution in [0.15, 0.2) is 30.9 Å². The first-order valence-electron chi connectivity index (χ1n) is 9.20. The van der Waals surface area contributed by atoms with Crippen LogP contribution in [0.25, 0.3) is 11.2 Å². The Bertz CT molecular complexity index is 1300. The molecule has 1 aromatic carbocycles. The lowest BCUT2D eigenvalue weighted by molar-refractivity contribution is -0.268. The molecule has 14 nitrogen and oxygen atoms in total. The molecular weight excluding hydrogens is 467 g/mol. The molecule has 0 radical (unpaired) electrons. The number of aliphatic hydroxyl groups is 2. The molecule has 16 heteroatoms. The molecule has 4 rings (SSSR count). The summed E-state index contributed by atoms with van der Waals surface area (Å²) in [7, 11) is -4.84. The van der Waals surface area contributed by atoms with E-state index in [0.29, 0.717) is 0 Å². The summed E-state index contributed by atoms with van der Waals surface area (Å²) in [5.74, 6) is -3.71. The molecule has 0 saturated carbocycles. The second kappa shape index (κ2) is 8.49. The maximum Gasteiger partial charge on any atom is 0.362 e. The molecule has 1 aliphatic heterocycles. The van der Waals surface area contributed by atoms with E-state index in [1.807, 2.05) is 0 Å². The molecule has 3 aromatic rings. The zero-order valence-corrected chi connectivity index (χ0v) is 17.2. The van der Waals surface area contributed by atoms with Gasteiger partial charge in [-0.05, 0) is 6.07 Å². The number of aliphatic hydroxyl groups excluding tert-OH is 2. The molecule has 1 aliphatic rings. The Hall–Kier alpha value is -3.44. The Morgan fingerprint density at radius 2 is 2.06 bits per heavy atom. The van der Waals surface area contributed by atoms with Crippen molar-refractivity contribution < 1.29 is 41.8 Å². The molecule has 176 valence electrons. The number of ether oxygens (including phenoxy) is 1. The van der Waals surface area contributed by atoms with E-state index in [-0.39, 0.29) is 17.0 Å². The van der Waals surface area contributed by atoms with Crippen LogP contribution in [-0.2, 0) is 19.2 Å². The average Bonchev–Trinajstić information content (AvgIpc) is 3.29. The smallest absolute Gasteiger partial charge is 0.362 e. The number of anilines is 1. The van der Waals surface area contributed by atoms with Crippen molar-refractivity contribution in [2.45, 2.75) is 24.5 Å². The van der Waals surface area contributed by atoms with Gasteiger partial charge in [-0.15, -0.1) is 0 Å². The number of nitrogens with one attached hydrogen (secondary N) is 1. The van der Waals surface area contributed by atoms with E-state index < -0.39 is 64.5 Å². The number of benzene rings is 1. The minimum atomic E-state index is -4.84. The van der Waals surface area contributed by atoms with Crippen LogP contribution >= 0.6 is 0 Å². The minimum Gasteiger partial charge on any atom is -0.872 e. The molecule has 2 aromatic heterocycles. The molecular formula is C17H16FN6O8S-. The fraction of sp³-hybridized carbons (Fsp3) is 0.294. The van der Waals surface area contributed by atoms with Gasteiger partial charge in [0.1, 0.15) is 36.0 Å². The van der Waals surface area contributed by atoms with E-state index in [2.05, 4.69) is 19.1 Å². The molecule has 4 atom stereocenters. The van der Waals surface area contributed by atoms with Crippen molar-refractivity contribution in [3.05, 3.63) is 42.2 Å². The molecule has 2 unspecified atom stereocenters. The summed E-state index contributed by atoms with van der Waals surface area (Å²) in [4.78, 5) is 23.8. The number of hydrogen-bond donors (Lipinski definition) is 4. The number of nitrogens with two attached hydrogens (primary N) is 1. The lowest BCUT2D eigenvalue weighted by Crippen LogP contribution is -2.38. The Morgan fingerprint density at radius 3 is 2.79 bits per heavy atom. The zero-order valence-electron chi connectivity index (χ0n) is 16.4. The van der Waals surface area contributed by atoms with Crippen LogP contribution in [0, 0.1) is 5.82 Å². The summed E-state index contributed by atoms with van der Waals surface area (Å²) in [5.41, 5.74) is 5.11. The van der Waals surface area contributed by atoms with E-state index in [9.17, 15) is 32.9 Å². The van der Waals surface area contributed by atoms with Crippen LogP contribution in [-0.4, -0.2) is 69.0 Å². The summed E-state index contributed by atoms with van der Waals surface area (Å²) < 4.78 is 50.7. The predicted octanol–water partition coefficient (Wildman–Crippen LogP) is -2.07. The standard InChI is InChI=1S/C17H17FN6O8S/c18-7-2-1-3-8(25)10(7)16(28)23-33(29,30)31-4-9-12(26)13(27)17(32-9)24-6-22-11-14(19)20-5-21-15(11)24/h1-3,5-6,9,12-13,17,25-27H,4H2,(H,23,28)(H2,19,20,21)/p-1/t9?,12-,13-,17?/m1/s1. The Balaban J connectivity index is 1.45. The van der Waals surface area contributed by atoms with Crippen molar-refractivity contribution in [3.63, 3.8) is 0 Å². The molecule has 1 amide bonds. The maximum atomic E-state index is 13.7. The van der Waals surface area contributed by atoms with Crippen LogP contribution in [0.4, 0.5) is 10.2 Å². The number of amides is 1. The Morgan fingerprint density at radius 1 is 1.30 bits per heavy atom. The van der Waals surface area contributed by atoms with Crippen molar-refractivity contribution in [3.8, 4) is 5.75 Å². The van der Waals surface area contributed by atoms with Crippen molar-refractivity contribution in [1.29, 1.82) is 0 Å². The highest BCUT2D eigenvalue weighted by Crippen LogP contribution is 2.32. The lowest BCUT2D eigenvalue weighted by atomic mass is 10.1. The largest absolute Gasteiger partial charge is 0.872 e. The van der Waals surface area contributed by atoms with E-state index >= 15 is 0 Å². The Kier molecular flexibility index (Phi) is 5.85. The van der Waals surface area contributed by atoms with Gasteiger partial charge in [-0.1, -0.05) is 17.9 Å². The highest BCUT2D eigenvalue weighted by Gasteiger charge is 2.45. The fourth-order valence-corrected chi connectivity index (χ4v) is 3.93. The van der Waals surface area contributed by atoms with Gasteiger partial charge < -0.3 is 25.8 Å². The third-order valence-corrected chi connectivity index (χ3v) is 5.69. The van der Waals surface area contributed by atoms with Gasteiger partial charge in [0.15, 0.2) is 17.7 Å². The third-order valence-electron chi connectivity index (χ3n) is 4.81. The molecule has 33 heavy (non-hydrogen) atoms. The van der Waals surface area contributed by atoms with E-state index in [1.165, 1.54) is 15.6 Å². The molecule has 1 saturated heterocycles. The number of carbonyl (C=O) groups is 1. The van der Waals surface area contributed by atoms with Gasteiger partial charge in [0, 0.05) is 0 Å². The number of fused-ring (bicyclic) bond motifs is 1. The second-order valence-electron chi connectivity index (χ2n) is 6.91. The van der Waals surface area contributed by atoms with Crippen molar-refractivity contribution >= 4 is 33.2 Å². The van der Waals surface area contributed by atoms with Gasteiger partial charge >= 0.3 is 10.3 Å². The summed E-state index contributed by atoms with van der Waals surface area (Å²) in [6, 6.07) is 2.75. The summed E-state index contributed by atoms with van der Waals surface area (Å²) >= 11 is 0. The number of hydrogen-bond acceptors (Lipinski definition) is 12. The number of imidazole rings is 1. The van der Waals surface area contributed by atoms with Gasteiger partial charge in [0.25, 0.3) is 5.91 Å². The van der Waals surface area contributed by atoms with Crippen LogP contribution in [0.3, 0.4) is 0 Å². The highest BCUT2D eigenvalue weighted by molar-refractivity contribution is 7.85. The monoisotopic (exact) mass is 483 g/mol. The van der Waals surface area contributed by atoms with Crippen molar-refractivity contribution in [2.75, 3.05) is 12.3 Å². The number of halogens is 1. The van der Waals surface area contributed by atoms with Crippen molar-refractivity contribution in [2.24, 2.45) is 0 Å². The number of nitrogens with zero attached hydrogens (tertiary/aromatic N) is 4. The summed E-state index contributed by atoms with van der Waals surface area (Å²) in [5, 5.41) is 32.3. The quantitative estimate of drug-likeness (QED) is 0.297. The predicted molar refractivity (Wildman–Crippen MR) is 104 cm³/mol. The number of aromatic nitrogens is 4. The molecule has 0 aliphatic carbocycles. The average molecular weight is 483 g/mol. The lowest BCUT2D eigenvalue weighted by Gasteiger charge is -2.17. The van der Waals surface area contributed by atoms with Gasteiger partial charge in [-0.3, -0.25) is 13.5 Å². The zero-order chi connectivity index (χ0) is 23.9. The fourth-order valence-electron chi connectivity index (χ4n) is 3.23. The van der Waals surface area contributed by atoms with E-state index in [1.54, 1.807) is 0 Å². The second-order valence-corrected chi connectivity index (χ2v) is 8.26. The summed E-state index contributed by atoms with van der Waals surface area (Å²) in [6.45, 7) is -0.831. The first-order valence-corrected chi connectivity index (χ1v) is 10.6. The SMILES string of the molecule is Nc1ncnc2c1ncn2C1OC(COS(=O)(=O)NC(=O)c2c([O-])cccc2F)[C@@H](O)[C@H]1O. The molecule has 0 spiro atoms. The number of rotatable bonds is 6. The molecule has 5 N–H and O–H groups in total. The normalized spacial score (nSPS) is 23.1. The number of carbonyl (C=O) groups excluding carboxylic acids is 1.